The fraction of sp³-hybridized carbons (Fsp3) is 0.400. The van der Waals surface area contributed by atoms with Crippen LogP contribution in [0, 0.1) is 5.82 Å². The number of nitrogens with one attached hydrogen (secondary N) is 1. The fourth-order valence-electron chi connectivity index (χ4n) is 2.56. The molecule has 0 amide bonds. The maximum atomic E-state index is 13.0. The molecule has 26 heavy (non-hydrogen) atoms. The summed E-state index contributed by atoms with van der Waals surface area (Å²) in [6.07, 6.45) is 6.65. The highest BCUT2D eigenvalue weighted by atomic mass is 19.1. The smallest absolute Gasteiger partial charge is 0.193 e. The average Bonchev–Trinajstić information content (AvgIpc) is 3.10. The second kappa shape index (κ2) is 10.4. The molecule has 0 aliphatic carbocycles. The summed E-state index contributed by atoms with van der Waals surface area (Å²) >= 11 is 0. The number of unbranched alkanes of at least 4 members (excludes halogenated alkanes) is 1. The van der Waals surface area contributed by atoms with E-state index in [-0.39, 0.29) is 5.82 Å². The van der Waals surface area contributed by atoms with Gasteiger partial charge >= 0.3 is 0 Å². The van der Waals surface area contributed by atoms with Gasteiger partial charge in [0.1, 0.15) is 5.82 Å². The molecule has 0 aliphatic rings. The van der Waals surface area contributed by atoms with Gasteiger partial charge in [0.15, 0.2) is 5.96 Å². The molecule has 0 bridgehead atoms. The Hall–Kier alpha value is -2.63. The number of nitrogens with zero attached hydrogens (tertiary/aromatic N) is 4. The lowest BCUT2D eigenvalue weighted by molar-refractivity contribution is 0.470. The standard InChI is InChI=1S/C20H28FN5/c1-4-6-7-15-25(3)20(22-5-2)23-14-12-18-13-16-26(24-18)19-10-8-17(21)9-11-19/h4,8-11,13,16H,1,5-7,12,14-15H2,2-3H3,(H,22,23). The molecule has 0 spiro atoms. The number of aliphatic imine (C=N–C) groups is 1. The predicted molar refractivity (Wildman–Crippen MR) is 105 cm³/mol. The molecule has 1 aromatic carbocycles. The molecule has 5 nitrogen and oxygen atoms in total. The molecule has 1 N–H and O–H groups in total. The van der Waals surface area contributed by atoms with E-state index in [4.69, 9.17) is 0 Å². The summed E-state index contributed by atoms with van der Waals surface area (Å²) in [5.74, 6) is 0.665. The molecule has 6 heteroatoms. The highest BCUT2D eigenvalue weighted by Crippen LogP contribution is 2.09. The zero-order valence-electron chi connectivity index (χ0n) is 15.7. The molecule has 0 saturated heterocycles. The first kappa shape index (κ1) is 19.7. The van der Waals surface area contributed by atoms with Gasteiger partial charge in [-0.1, -0.05) is 6.08 Å². The zero-order chi connectivity index (χ0) is 18.8. The van der Waals surface area contributed by atoms with Crippen molar-refractivity contribution in [2.75, 3.05) is 26.7 Å². The first-order valence-electron chi connectivity index (χ1n) is 9.05. The summed E-state index contributed by atoms with van der Waals surface area (Å²) in [6.45, 7) is 8.26. The molecule has 0 radical (unpaired) electrons. The van der Waals surface area contributed by atoms with Crippen LogP contribution in [0.25, 0.3) is 5.69 Å². The Balaban J connectivity index is 1.92. The number of guanidine groups is 1. The maximum Gasteiger partial charge on any atom is 0.193 e. The largest absolute Gasteiger partial charge is 0.357 e. The van der Waals surface area contributed by atoms with Gasteiger partial charge in [0.25, 0.3) is 0 Å². The predicted octanol–water partition coefficient (Wildman–Crippen LogP) is 3.42. The highest BCUT2D eigenvalue weighted by molar-refractivity contribution is 5.79. The minimum absolute atomic E-state index is 0.247. The Kier molecular flexibility index (Phi) is 7.86. The second-order valence-electron chi connectivity index (χ2n) is 6.07. The van der Waals surface area contributed by atoms with Crippen LogP contribution in [0.5, 0.6) is 0 Å². The fourth-order valence-corrected chi connectivity index (χ4v) is 2.56. The molecular formula is C20H28FN5. The lowest BCUT2D eigenvalue weighted by atomic mass is 10.3. The van der Waals surface area contributed by atoms with Gasteiger partial charge in [0.05, 0.1) is 11.4 Å². The Morgan fingerprint density at radius 2 is 2.12 bits per heavy atom. The Labute approximate surface area is 155 Å². The van der Waals surface area contributed by atoms with Crippen molar-refractivity contribution in [3.63, 3.8) is 0 Å². The van der Waals surface area contributed by atoms with Crippen molar-refractivity contribution in [3.05, 3.63) is 60.7 Å². The van der Waals surface area contributed by atoms with E-state index < -0.39 is 0 Å². The van der Waals surface area contributed by atoms with Crippen LogP contribution in [0.15, 0.2) is 54.2 Å². The molecule has 1 aromatic heterocycles. The van der Waals surface area contributed by atoms with Crippen LogP contribution in [0.1, 0.15) is 25.5 Å². The van der Waals surface area contributed by atoms with E-state index in [9.17, 15) is 4.39 Å². The summed E-state index contributed by atoms with van der Waals surface area (Å²) in [5.41, 5.74) is 1.81. The third kappa shape index (κ3) is 6.02. The topological polar surface area (TPSA) is 45.5 Å². The molecular weight excluding hydrogens is 329 g/mol. The van der Waals surface area contributed by atoms with Crippen LogP contribution in [-0.4, -0.2) is 47.3 Å². The zero-order valence-corrected chi connectivity index (χ0v) is 15.7. The van der Waals surface area contributed by atoms with Gasteiger partial charge in [-0.2, -0.15) is 5.10 Å². The molecule has 2 aromatic rings. The number of benzene rings is 1. The van der Waals surface area contributed by atoms with Gasteiger partial charge in [0.2, 0.25) is 0 Å². The number of halogens is 1. The van der Waals surface area contributed by atoms with E-state index in [0.29, 0.717) is 6.54 Å². The van der Waals surface area contributed by atoms with E-state index in [1.54, 1.807) is 16.8 Å². The van der Waals surface area contributed by atoms with Gasteiger partial charge in [-0.3, -0.25) is 4.99 Å². The Morgan fingerprint density at radius 3 is 2.81 bits per heavy atom. The third-order valence-electron chi connectivity index (χ3n) is 3.96. The maximum absolute atomic E-state index is 13.0. The second-order valence-corrected chi connectivity index (χ2v) is 6.07. The van der Waals surface area contributed by atoms with Gasteiger partial charge in [-0.05, 0) is 50.1 Å². The normalized spacial score (nSPS) is 11.4. The van der Waals surface area contributed by atoms with Crippen molar-refractivity contribution in [1.82, 2.24) is 20.0 Å². The van der Waals surface area contributed by atoms with Crippen LogP contribution in [0.3, 0.4) is 0 Å². The molecule has 0 unspecified atom stereocenters. The number of hydrogen-bond donors (Lipinski definition) is 1. The van der Waals surface area contributed by atoms with E-state index in [1.165, 1.54) is 12.1 Å². The molecule has 0 aliphatic heterocycles. The quantitative estimate of drug-likeness (QED) is 0.324. The van der Waals surface area contributed by atoms with Crippen molar-refractivity contribution < 1.29 is 4.39 Å². The van der Waals surface area contributed by atoms with Crippen LogP contribution < -0.4 is 5.32 Å². The van der Waals surface area contributed by atoms with Gasteiger partial charge in [-0.15, -0.1) is 6.58 Å². The molecule has 0 saturated carbocycles. The van der Waals surface area contributed by atoms with E-state index in [1.807, 2.05) is 25.4 Å². The number of aromatic nitrogens is 2. The highest BCUT2D eigenvalue weighted by Gasteiger charge is 2.06. The summed E-state index contributed by atoms with van der Waals surface area (Å²) in [6, 6.07) is 8.27. The third-order valence-corrected chi connectivity index (χ3v) is 3.96. The first-order valence-corrected chi connectivity index (χ1v) is 9.05. The van der Waals surface area contributed by atoms with Crippen molar-refractivity contribution >= 4 is 5.96 Å². The lowest BCUT2D eigenvalue weighted by Gasteiger charge is -2.21. The summed E-state index contributed by atoms with van der Waals surface area (Å²) in [5, 5.41) is 7.86. The molecule has 0 fully saturated rings. The van der Waals surface area contributed by atoms with Crippen LogP contribution in [-0.2, 0) is 6.42 Å². The van der Waals surface area contributed by atoms with Gasteiger partial charge < -0.3 is 10.2 Å². The van der Waals surface area contributed by atoms with Gasteiger partial charge in [-0.25, -0.2) is 9.07 Å². The summed E-state index contributed by atoms with van der Waals surface area (Å²) in [4.78, 5) is 6.83. The Bertz CT molecular complexity index is 705. The van der Waals surface area contributed by atoms with E-state index in [0.717, 1.165) is 49.7 Å². The summed E-state index contributed by atoms with van der Waals surface area (Å²) < 4.78 is 14.8. The molecule has 1 heterocycles. The minimum Gasteiger partial charge on any atom is -0.357 e. The number of allylic oxidation sites excluding steroid dienone is 1. The number of rotatable bonds is 9. The van der Waals surface area contributed by atoms with E-state index >= 15 is 0 Å². The van der Waals surface area contributed by atoms with Crippen LogP contribution in [0.2, 0.25) is 0 Å². The molecule has 2 rings (SSSR count). The molecule has 0 atom stereocenters. The Morgan fingerprint density at radius 1 is 1.35 bits per heavy atom. The van der Waals surface area contributed by atoms with Crippen molar-refractivity contribution in [3.8, 4) is 5.69 Å². The van der Waals surface area contributed by atoms with Crippen LogP contribution >= 0.6 is 0 Å². The minimum atomic E-state index is -0.247. The van der Waals surface area contributed by atoms with Crippen molar-refractivity contribution in [1.29, 1.82) is 0 Å². The first-order chi connectivity index (χ1) is 12.6. The van der Waals surface area contributed by atoms with Crippen LogP contribution in [0.4, 0.5) is 4.39 Å². The van der Waals surface area contributed by atoms with E-state index in [2.05, 4.69) is 33.8 Å². The summed E-state index contributed by atoms with van der Waals surface area (Å²) in [7, 11) is 2.05. The van der Waals surface area contributed by atoms with Gasteiger partial charge in [0, 0.05) is 39.3 Å². The molecule has 140 valence electrons. The average molecular weight is 357 g/mol. The lowest BCUT2D eigenvalue weighted by Crippen LogP contribution is -2.39. The van der Waals surface area contributed by atoms with Crippen molar-refractivity contribution in [2.24, 2.45) is 4.99 Å². The van der Waals surface area contributed by atoms with Crippen molar-refractivity contribution in [2.45, 2.75) is 26.2 Å². The number of hydrogen-bond acceptors (Lipinski definition) is 2. The monoisotopic (exact) mass is 357 g/mol. The SMILES string of the molecule is C=CCCCN(C)C(=NCCc1ccn(-c2ccc(F)cc2)n1)NCC.